The van der Waals surface area contributed by atoms with Crippen molar-refractivity contribution in [2.24, 2.45) is 0 Å². The van der Waals surface area contributed by atoms with Crippen molar-refractivity contribution in [1.82, 2.24) is 4.98 Å². The van der Waals surface area contributed by atoms with Crippen molar-refractivity contribution in [1.29, 1.82) is 0 Å². The number of nitrogens with two attached hydrogens (primary N) is 1. The van der Waals surface area contributed by atoms with E-state index in [0.717, 1.165) is 28.9 Å². The third-order valence-corrected chi connectivity index (χ3v) is 3.36. The van der Waals surface area contributed by atoms with Gasteiger partial charge in [-0.05, 0) is 58.0 Å². The molecule has 0 amide bonds. The summed E-state index contributed by atoms with van der Waals surface area (Å²) in [6.07, 6.45) is 0. The lowest BCUT2D eigenvalue weighted by Gasteiger charge is -2.14. The van der Waals surface area contributed by atoms with Gasteiger partial charge in [-0.15, -0.1) is 0 Å². The van der Waals surface area contributed by atoms with Crippen molar-refractivity contribution in [2.45, 2.75) is 33.3 Å². The van der Waals surface area contributed by atoms with E-state index in [9.17, 15) is 4.79 Å². The van der Waals surface area contributed by atoms with Crippen LogP contribution in [-0.4, -0.2) is 23.6 Å². The highest BCUT2D eigenvalue weighted by Crippen LogP contribution is 2.28. The van der Waals surface area contributed by atoms with Gasteiger partial charge in [0.1, 0.15) is 11.1 Å². The second kappa shape index (κ2) is 8.38. The molecule has 26 heavy (non-hydrogen) atoms. The van der Waals surface area contributed by atoms with E-state index in [1.165, 1.54) is 0 Å². The molecule has 0 atom stereocenters. The van der Waals surface area contributed by atoms with E-state index in [2.05, 4.69) is 15.0 Å². The van der Waals surface area contributed by atoms with E-state index >= 15 is 0 Å². The summed E-state index contributed by atoms with van der Waals surface area (Å²) in [5.41, 5.74) is 9.84. The minimum absolute atomic E-state index is 0.318. The summed E-state index contributed by atoms with van der Waals surface area (Å²) < 4.78 is 10.3. The molecule has 0 aliphatic heterocycles. The number of hydrogen-bond donors (Lipinski definition) is 2. The molecule has 3 aromatic rings. The number of anilines is 2. The molecule has 0 bridgehead atoms. The van der Waals surface area contributed by atoms with Gasteiger partial charge in [0, 0.05) is 12.1 Å². The molecule has 1 aromatic heterocycles. The number of carbonyl (C=O) groups is 1. The number of hydrogen-bond acceptors (Lipinski definition) is 6. The zero-order valence-corrected chi connectivity index (χ0v) is 15.6. The summed E-state index contributed by atoms with van der Waals surface area (Å²) in [5, 5.41) is 3.21. The van der Waals surface area contributed by atoms with Crippen LogP contribution in [0.2, 0.25) is 0 Å². The molecule has 6 heteroatoms. The first-order valence-electron chi connectivity index (χ1n) is 8.45. The largest absolute Gasteiger partial charge is 0.462 e. The molecular formula is C20H25N3O3. The Morgan fingerprint density at radius 2 is 1.96 bits per heavy atom. The average molecular weight is 355 g/mol. The van der Waals surface area contributed by atoms with Gasteiger partial charge < -0.3 is 20.2 Å². The molecule has 0 fully saturated rings. The number of nitrogens with zero attached hydrogens (tertiary/aromatic N) is 1. The Morgan fingerprint density at radius 3 is 2.50 bits per heavy atom. The van der Waals surface area contributed by atoms with Gasteiger partial charge in [0.05, 0.1) is 11.4 Å². The van der Waals surface area contributed by atoms with Crippen LogP contribution in [0.4, 0.5) is 11.4 Å². The van der Waals surface area contributed by atoms with Gasteiger partial charge in [0.15, 0.2) is 5.58 Å². The highest BCUT2D eigenvalue weighted by Gasteiger charge is 2.09. The predicted molar refractivity (Wildman–Crippen MR) is 105 cm³/mol. The molecule has 0 radical (unpaired) electrons. The first-order valence-corrected chi connectivity index (χ1v) is 8.45. The maximum Gasteiger partial charge on any atom is 0.293 e. The van der Waals surface area contributed by atoms with Crippen LogP contribution in [0.5, 0.6) is 0 Å². The number of carbonyl (C=O) groups excluding carboxylic acids is 1. The number of benzene rings is 2. The molecule has 3 rings (SSSR count). The van der Waals surface area contributed by atoms with Crippen LogP contribution in [0.15, 0.2) is 46.9 Å². The molecular weight excluding hydrogens is 330 g/mol. The minimum Gasteiger partial charge on any atom is -0.462 e. The Hall–Kier alpha value is -3.02. The zero-order chi connectivity index (χ0) is 19.2. The quantitative estimate of drug-likeness (QED) is 0.530. The van der Waals surface area contributed by atoms with E-state index in [-0.39, 0.29) is 5.60 Å². The lowest BCUT2D eigenvalue weighted by molar-refractivity contribution is -0.138. The van der Waals surface area contributed by atoms with Crippen LogP contribution in [0.25, 0.3) is 22.6 Å². The maximum atomic E-state index is 9.60. The number of nitrogen functional groups attached to an aromatic ring is 1. The zero-order valence-electron chi connectivity index (χ0n) is 15.6. The van der Waals surface area contributed by atoms with Crippen molar-refractivity contribution in [3.8, 4) is 11.5 Å². The molecule has 1 heterocycles. The molecule has 3 N–H and O–H groups in total. The van der Waals surface area contributed by atoms with Crippen molar-refractivity contribution in [3.63, 3.8) is 0 Å². The summed E-state index contributed by atoms with van der Waals surface area (Å²) in [4.78, 5) is 14.1. The molecule has 2 aromatic carbocycles. The predicted octanol–water partition coefficient (Wildman–Crippen LogP) is 4.47. The number of oxazole rings is 1. The molecule has 0 unspecified atom stereocenters. The van der Waals surface area contributed by atoms with Crippen molar-refractivity contribution < 1.29 is 13.9 Å². The van der Waals surface area contributed by atoms with Gasteiger partial charge in [0.2, 0.25) is 5.89 Å². The van der Waals surface area contributed by atoms with Crippen LogP contribution in [0.1, 0.15) is 27.7 Å². The van der Waals surface area contributed by atoms with Crippen molar-refractivity contribution >= 4 is 28.9 Å². The molecule has 0 saturated carbocycles. The highest BCUT2D eigenvalue weighted by molar-refractivity contribution is 5.78. The third-order valence-electron chi connectivity index (χ3n) is 3.36. The smallest absolute Gasteiger partial charge is 0.293 e. The van der Waals surface area contributed by atoms with Crippen LogP contribution in [-0.2, 0) is 9.53 Å². The highest BCUT2D eigenvalue weighted by atomic mass is 16.5. The fraction of sp³-hybridized carbons (Fsp3) is 0.300. The molecule has 0 saturated heterocycles. The van der Waals surface area contributed by atoms with Crippen LogP contribution in [0.3, 0.4) is 0 Å². The Bertz CT molecular complexity index is 833. The second-order valence-corrected chi connectivity index (χ2v) is 6.65. The Labute approximate surface area is 153 Å². The molecule has 0 aliphatic rings. The number of nitrogens with one attached hydrogen (secondary N) is 1. The van der Waals surface area contributed by atoms with Gasteiger partial charge in [-0.1, -0.05) is 12.1 Å². The van der Waals surface area contributed by atoms with Crippen LogP contribution in [0, 0.1) is 0 Å². The molecule has 138 valence electrons. The number of ether oxygens (including phenoxy) is 1. The SMILES string of the molecule is CC(C)(C)OC=O.CCNc1ccc(-c2nc3ccccc3o2)cc1N. The van der Waals surface area contributed by atoms with Crippen molar-refractivity contribution in [3.05, 3.63) is 42.5 Å². The maximum absolute atomic E-state index is 9.60. The lowest BCUT2D eigenvalue weighted by Crippen LogP contribution is -2.17. The van der Waals surface area contributed by atoms with Gasteiger partial charge in [-0.2, -0.15) is 0 Å². The summed E-state index contributed by atoms with van der Waals surface area (Å²) in [7, 11) is 0. The number of rotatable bonds is 4. The number of fused-ring (bicyclic) bond motifs is 1. The van der Waals surface area contributed by atoms with E-state index in [1.807, 2.05) is 70.2 Å². The Kier molecular flexibility index (Phi) is 6.22. The fourth-order valence-electron chi connectivity index (χ4n) is 2.19. The topological polar surface area (TPSA) is 90.4 Å². The monoisotopic (exact) mass is 355 g/mol. The lowest BCUT2D eigenvalue weighted by atomic mass is 10.1. The van der Waals surface area contributed by atoms with Gasteiger partial charge in [0.25, 0.3) is 6.47 Å². The Morgan fingerprint density at radius 1 is 1.23 bits per heavy atom. The number of aromatic nitrogens is 1. The van der Waals surface area contributed by atoms with Crippen LogP contribution < -0.4 is 11.1 Å². The average Bonchev–Trinajstić information content (AvgIpc) is 3.00. The first-order chi connectivity index (χ1) is 12.3. The molecule has 0 spiro atoms. The van der Waals surface area contributed by atoms with Gasteiger partial charge in [-0.3, -0.25) is 4.79 Å². The van der Waals surface area contributed by atoms with Crippen molar-refractivity contribution in [2.75, 3.05) is 17.6 Å². The van der Waals surface area contributed by atoms with Crippen LogP contribution >= 0.6 is 0 Å². The van der Waals surface area contributed by atoms with E-state index in [1.54, 1.807) is 0 Å². The summed E-state index contributed by atoms with van der Waals surface area (Å²) >= 11 is 0. The summed E-state index contributed by atoms with van der Waals surface area (Å²) in [6, 6.07) is 13.5. The molecule has 6 nitrogen and oxygen atoms in total. The van der Waals surface area contributed by atoms with E-state index < -0.39 is 0 Å². The van der Waals surface area contributed by atoms with E-state index in [4.69, 9.17) is 10.2 Å². The standard InChI is InChI=1S/C15H15N3O.C5H10O2/c1-2-17-12-8-7-10(9-11(12)16)15-18-13-5-3-4-6-14(13)19-15;1-5(2,3)7-4-6/h3-9,17H,2,16H2,1H3;4H,1-3H3. The summed E-state index contributed by atoms with van der Waals surface area (Å²) in [6.45, 7) is 8.80. The first kappa shape index (κ1) is 19.3. The Balaban J connectivity index is 0.000000298. The summed E-state index contributed by atoms with van der Waals surface area (Å²) in [5.74, 6) is 0.593. The van der Waals surface area contributed by atoms with Gasteiger partial charge >= 0.3 is 0 Å². The minimum atomic E-state index is -0.318. The number of para-hydroxylation sites is 2. The normalized spacial score (nSPS) is 10.8. The third kappa shape index (κ3) is 5.24. The van der Waals surface area contributed by atoms with E-state index in [0.29, 0.717) is 18.1 Å². The fourth-order valence-corrected chi connectivity index (χ4v) is 2.19. The molecule has 0 aliphatic carbocycles. The van der Waals surface area contributed by atoms with Gasteiger partial charge in [-0.25, -0.2) is 4.98 Å². The second-order valence-electron chi connectivity index (χ2n) is 6.65.